The smallest absolute Gasteiger partial charge is 0.416 e. The van der Waals surface area contributed by atoms with Crippen molar-refractivity contribution in [2.45, 2.75) is 24.6 Å². The Balaban J connectivity index is 2.58. The molecule has 0 bridgehead atoms. The first kappa shape index (κ1) is 13.9. The zero-order valence-corrected chi connectivity index (χ0v) is 10.5. The molecule has 1 heterocycles. The van der Waals surface area contributed by atoms with Crippen molar-refractivity contribution < 1.29 is 27.4 Å². The number of benzene rings is 1. The van der Waals surface area contributed by atoms with Crippen LogP contribution in [0.3, 0.4) is 0 Å². The molecule has 0 radical (unpaired) electrons. The summed E-state index contributed by atoms with van der Waals surface area (Å²) in [6.07, 6.45) is -5.11. The van der Waals surface area contributed by atoms with Gasteiger partial charge in [-0.1, -0.05) is 18.2 Å². The van der Waals surface area contributed by atoms with Gasteiger partial charge < -0.3 is 9.47 Å². The molecule has 0 amide bonds. The molecule has 2 unspecified atom stereocenters. The van der Waals surface area contributed by atoms with Crippen LogP contribution in [0.1, 0.15) is 18.1 Å². The molecule has 0 spiro atoms. The number of carbonyl (C=O) groups is 1. The fourth-order valence-electron chi connectivity index (χ4n) is 2.19. The molecular formula is C13H13F3O3. The molecule has 2 atom stereocenters. The maximum Gasteiger partial charge on any atom is 0.416 e. The number of hydrogen-bond donors (Lipinski definition) is 0. The summed E-state index contributed by atoms with van der Waals surface area (Å²) in [6, 6.07) is 5.01. The van der Waals surface area contributed by atoms with Gasteiger partial charge >= 0.3 is 12.1 Å². The van der Waals surface area contributed by atoms with E-state index in [1.54, 1.807) is 0 Å². The molecule has 3 nitrogen and oxygen atoms in total. The van der Waals surface area contributed by atoms with E-state index in [4.69, 9.17) is 4.74 Å². The predicted molar refractivity (Wildman–Crippen MR) is 60.6 cm³/mol. The number of carbonyl (C=O) groups excluding carboxylic acids is 1. The number of esters is 1. The van der Waals surface area contributed by atoms with Gasteiger partial charge in [-0.15, -0.1) is 0 Å². The Kier molecular flexibility index (Phi) is 3.30. The van der Waals surface area contributed by atoms with E-state index in [-0.39, 0.29) is 12.2 Å². The van der Waals surface area contributed by atoms with Gasteiger partial charge in [0.05, 0.1) is 19.3 Å². The summed E-state index contributed by atoms with van der Waals surface area (Å²) in [5, 5.41) is 0. The van der Waals surface area contributed by atoms with E-state index in [9.17, 15) is 18.0 Å². The fraction of sp³-hybridized carbons (Fsp3) is 0.462. The van der Waals surface area contributed by atoms with Gasteiger partial charge in [-0.05, 0) is 18.6 Å². The van der Waals surface area contributed by atoms with Gasteiger partial charge in [0, 0.05) is 0 Å². The van der Waals surface area contributed by atoms with Crippen LogP contribution in [0.5, 0.6) is 0 Å². The van der Waals surface area contributed by atoms with Crippen LogP contribution in [-0.4, -0.2) is 25.8 Å². The van der Waals surface area contributed by atoms with Gasteiger partial charge in [-0.3, -0.25) is 4.79 Å². The Morgan fingerprint density at radius 3 is 2.26 bits per heavy atom. The highest BCUT2D eigenvalue weighted by Crippen LogP contribution is 2.43. The van der Waals surface area contributed by atoms with Crippen LogP contribution in [0, 0.1) is 0 Å². The molecule has 0 aromatic heterocycles. The largest absolute Gasteiger partial charge is 0.468 e. The summed E-state index contributed by atoms with van der Waals surface area (Å²) >= 11 is 0. The van der Waals surface area contributed by atoms with Crippen LogP contribution in [0.2, 0.25) is 0 Å². The van der Waals surface area contributed by atoms with Crippen molar-refractivity contribution in [3.05, 3.63) is 35.4 Å². The molecule has 19 heavy (non-hydrogen) atoms. The zero-order valence-electron chi connectivity index (χ0n) is 10.5. The highest BCUT2D eigenvalue weighted by molar-refractivity contribution is 5.84. The molecule has 1 aliphatic heterocycles. The van der Waals surface area contributed by atoms with Crippen molar-refractivity contribution in [1.82, 2.24) is 0 Å². The molecule has 6 heteroatoms. The Hall–Kier alpha value is -1.56. The number of alkyl halides is 3. The monoisotopic (exact) mass is 274 g/mol. The lowest BCUT2D eigenvalue weighted by atomic mass is 9.77. The number of rotatable bonds is 3. The van der Waals surface area contributed by atoms with E-state index in [1.807, 2.05) is 0 Å². The maximum atomic E-state index is 13.0. The molecule has 104 valence electrons. The van der Waals surface area contributed by atoms with Crippen LogP contribution in [-0.2, 0) is 25.9 Å². The van der Waals surface area contributed by atoms with E-state index >= 15 is 0 Å². The second-order valence-corrected chi connectivity index (χ2v) is 4.56. The van der Waals surface area contributed by atoms with Gasteiger partial charge in [0.25, 0.3) is 0 Å². The van der Waals surface area contributed by atoms with Crippen molar-refractivity contribution in [2.75, 3.05) is 13.7 Å². The quantitative estimate of drug-likeness (QED) is 0.628. The first-order chi connectivity index (χ1) is 8.81. The number of ether oxygens (including phenoxy) is 2. The topological polar surface area (TPSA) is 38.8 Å². The van der Waals surface area contributed by atoms with Crippen LogP contribution in [0.15, 0.2) is 24.3 Å². The summed E-state index contributed by atoms with van der Waals surface area (Å²) in [6.45, 7) is 1.67. The Morgan fingerprint density at radius 2 is 1.84 bits per heavy atom. The number of methoxy groups -OCH3 is 1. The molecule has 1 saturated heterocycles. The molecule has 1 aromatic carbocycles. The van der Waals surface area contributed by atoms with Gasteiger partial charge in [0.1, 0.15) is 11.5 Å². The van der Waals surface area contributed by atoms with Gasteiger partial charge in [-0.25, -0.2) is 0 Å². The average molecular weight is 274 g/mol. The van der Waals surface area contributed by atoms with Gasteiger partial charge in [-0.2, -0.15) is 13.2 Å². The molecular weight excluding hydrogens is 261 g/mol. The van der Waals surface area contributed by atoms with E-state index < -0.39 is 29.2 Å². The third-order valence-electron chi connectivity index (χ3n) is 3.38. The van der Waals surface area contributed by atoms with Crippen molar-refractivity contribution >= 4 is 5.97 Å². The Bertz CT molecular complexity index is 494. The van der Waals surface area contributed by atoms with Crippen molar-refractivity contribution in [1.29, 1.82) is 0 Å². The number of halogens is 3. The zero-order chi connectivity index (χ0) is 14.3. The van der Waals surface area contributed by atoms with Crippen molar-refractivity contribution in [3.8, 4) is 0 Å². The average Bonchev–Trinajstić information content (AvgIpc) is 3.20. The summed E-state index contributed by atoms with van der Waals surface area (Å²) in [5.41, 5.74) is -2.39. The SMILES string of the molecule is COC(=O)C(C)(c1ccccc1C(F)(F)F)C1CO1. The number of hydrogen-bond acceptors (Lipinski definition) is 3. The van der Waals surface area contributed by atoms with E-state index in [0.717, 1.165) is 13.2 Å². The molecule has 2 rings (SSSR count). The fourth-order valence-corrected chi connectivity index (χ4v) is 2.19. The lowest BCUT2D eigenvalue weighted by Gasteiger charge is -2.28. The van der Waals surface area contributed by atoms with E-state index in [1.165, 1.54) is 25.1 Å². The summed E-state index contributed by atoms with van der Waals surface area (Å²) < 4.78 is 48.8. The minimum absolute atomic E-state index is 0.114. The minimum Gasteiger partial charge on any atom is -0.468 e. The maximum absolute atomic E-state index is 13.0. The Morgan fingerprint density at radius 1 is 1.32 bits per heavy atom. The number of epoxide rings is 1. The predicted octanol–water partition coefficient (Wildman–Crippen LogP) is 2.53. The lowest BCUT2D eigenvalue weighted by molar-refractivity contribution is -0.149. The lowest BCUT2D eigenvalue weighted by Crippen LogP contribution is -2.41. The van der Waals surface area contributed by atoms with Gasteiger partial charge in [0.2, 0.25) is 0 Å². The van der Waals surface area contributed by atoms with E-state index in [0.29, 0.717) is 0 Å². The second-order valence-electron chi connectivity index (χ2n) is 4.56. The van der Waals surface area contributed by atoms with Crippen molar-refractivity contribution in [2.24, 2.45) is 0 Å². The molecule has 1 fully saturated rings. The normalized spacial score (nSPS) is 21.6. The third-order valence-corrected chi connectivity index (χ3v) is 3.38. The third kappa shape index (κ3) is 2.32. The van der Waals surface area contributed by atoms with Gasteiger partial charge in [0.15, 0.2) is 0 Å². The summed E-state index contributed by atoms with van der Waals surface area (Å²) in [5.74, 6) is -0.730. The second kappa shape index (κ2) is 4.52. The Labute approximate surface area is 108 Å². The van der Waals surface area contributed by atoms with Crippen LogP contribution >= 0.6 is 0 Å². The first-order valence-corrected chi connectivity index (χ1v) is 5.68. The van der Waals surface area contributed by atoms with Crippen LogP contribution in [0.25, 0.3) is 0 Å². The first-order valence-electron chi connectivity index (χ1n) is 5.68. The highest BCUT2D eigenvalue weighted by atomic mass is 19.4. The van der Waals surface area contributed by atoms with Crippen LogP contribution in [0.4, 0.5) is 13.2 Å². The highest BCUT2D eigenvalue weighted by Gasteiger charge is 2.54. The van der Waals surface area contributed by atoms with Crippen molar-refractivity contribution in [3.63, 3.8) is 0 Å². The minimum atomic E-state index is -4.53. The summed E-state index contributed by atoms with van der Waals surface area (Å²) in [7, 11) is 1.15. The molecule has 1 aromatic rings. The molecule has 0 saturated carbocycles. The molecule has 0 N–H and O–H groups in total. The molecule has 0 aliphatic carbocycles. The summed E-state index contributed by atoms with van der Waals surface area (Å²) in [4.78, 5) is 11.9. The molecule has 1 aliphatic rings. The van der Waals surface area contributed by atoms with Crippen LogP contribution < -0.4 is 0 Å². The standard InChI is InChI=1S/C13H13F3O3/c1-12(10-7-19-10,11(17)18-2)8-5-3-4-6-9(8)13(14,15)16/h3-6,10H,7H2,1-2H3. The van der Waals surface area contributed by atoms with E-state index in [2.05, 4.69) is 4.74 Å².